The van der Waals surface area contributed by atoms with Gasteiger partial charge in [0.1, 0.15) is 17.9 Å². The van der Waals surface area contributed by atoms with E-state index < -0.39 is 0 Å². The molecule has 26 heavy (non-hydrogen) atoms. The molecule has 1 heterocycles. The minimum Gasteiger partial charge on any atom is -0.457 e. The average molecular weight is 348 g/mol. The van der Waals surface area contributed by atoms with E-state index >= 15 is 0 Å². The third-order valence-corrected chi connectivity index (χ3v) is 4.40. The van der Waals surface area contributed by atoms with Crippen molar-refractivity contribution in [3.05, 3.63) is 77.5 Å². The first-order valence-electron chi connectivity index (χ1n) is 9.03. The topological polar surface area (TPSA) is 44.1 Å². The van der Waals surface area contributed by atoms with Crippen LogP contribution >= 0.6 is 0 Å². The molecule has 3 aromatic rings. The Morgan fingerprint density at radius 3 is 2.35 bits per heavy atom. The third-order valence-electron chi connectivity index (χ3n) is 4.40. The Morgan fingerprint density at radius 1 is 1.04 bits per heavy atom. The lowest BCUT2D eigenvalue weighted by atomic mass is 10.0. The fraction of sp³-hybridized carbons (Fsp3) is 0.273. The lowest BCUT2D eigenvalue weighted by molar-refractivity contribution is 0.0472. The molecule has 0 N–H and O–H groups in total. The van der Waals surface area contributed by atoms with Gasteiger partial charge in [-0.2, -0.15) is 5.10 Å². The van der Waals surface area contributed by atoms with Crippen molar-refractivity contribution < 1.29 is 9.53 Å². The highest BCUT2D eigenvalue weighted by Crippen LogP contribution is 2.27. The van der Waals surface area contributed by atoms with Crippen LogP contribution in [0, 0.1) is 0 Å². The molecule has 0 spiro atoms. The van der Waals surface area contributed by atoms with Crippen molar-refractivity contribution in [1.82, 2.24) is 9.78 Å². The predicted octanol–water partition coefficient (Wildman–Crippen LogP) is 4.79. The molecule has 0 bridgehead atoms. The van der Waals surface area contributed by atoms with Crippen molar-refractivity contribution in [3.8, 4) is 11.3 Å². The Morgan fingerprint density at radius 2 is 1.69 bits per heavy atom. The lowest BCUT2D eigenvalue weighted by Gasteiger charge is -2.08. The monoisotopic (exact) mass is 348 g/mol. The molecule has 4 heteroatoms. The van der Waals surface area contributed by atoms with E-state index in [0.29, 0.717) is 11.3 Å². The van der Waals surface area contributed by atoms with Crippen LogP contribution in [0.5, 0.6) is 0 Å². The molecule has 0 radical (unpaired) electrons. The van der Waals surface area contributed by atoms with Gasteiger partial charge >= 0.3 is 5.97 Å². The zero-order valence-electron chi connectivity index (χ0n) is 15.3. The molecule has 0 unspecified atom stereocenters. The molecule has 0 aliphatic carbocycles. The van der Waals surface area contributed by atoms with Crippen LogP contribution in [-0.2, 0) is 24.8 Å². The number of ether oxygens (including phenoxy) is 1. The molecule has 3 rings (SSSR count). The van der Waals surface area contributed by atoms with Gasteiger partial charge in [0.15, 0.2) is 0 Å². The van der Waals surface area contributed by atoms with Gasteiger partial charge in [0, 0.05) is 12.6 Å². The first-order valence-corrected chi connectivity index (χ1v) is 9.03. The Labute approximate surface area is 154 Å². The quantitative estimate of drug-likeness (QED) is 0.577. The summed E-state index contributed by atoms with van der Waals surface area (Å²) in [5, 5.41) is 4.63. The van der Waals surface area contributed by atoms with Crippen molar-refractivity contribution in [1.29, 1.82) is 0 Å². The summed E-state index contributed by atoms with van der Waals surface area (Å²) in [5.74, 6) is -0.313. The Balaban J connectivity index is 1.92. The maximum absolute atomic E-state index is 12.9. The van der Waals surface area contributed by atoms with E-state index in [1.807, 2.05) is 72.4 Å². The number of rotatable bonds is 7. The predicted molar refractivity (Wildman–Crippen MR) is 103 cm³/mol. The second-order valence-corrected chi connectivity index (χ2v) is 6.33. The van der Waals surface area contributed by atoms with Crippen LogP contribution in [0.3, 0.4) is 0 Å². The van der Waals surface area contributed by atoms with E-state index in [-0.39, 0.29) is 12.6 Å². The molecule has 0 saturated carbocycles. The van der Waals surface area contributed by atoms with Crippen LogP contribution in [0.15, 0.2) is 60.7 Å². The van der Waals surface area contributed by atoms with Gasteiger partial charge < -0.3 is 4.74 Å². The van der Waals surface area contributed by atoms with E-state index in [1.165, 1.54) is 0 Å². The molecule has 0 amide bonds. The van der Waals surface area contributed by atoms with E-state index in [2.05, 4.69) is 12.0 Å². The number of benzene rings is 2. The van der Waals surface area contributed by atoms with Crippen molar-refractivity contribution >= 4 is 5.97 Å². The summed E-state index contributed by atoms with van der Waals surface area (Å²) >= 11 is 0. The summed E-state index contributed by atoms with van der Waals surface area (Å²) in [5.41, 5.74) is 4.11. The smallest absolute Gasteiger partial charge is 0.342 e. The van der Waals surface area contributed by atoms with Crippen LogP contribution in [-0.4, -0.2) is 15.7 Å². The number of nitrogens with zero attached hydrogens (tertiary/aromatic N) is 2. The van der Waals surface area contributed by atoms with Gasteiger partial charge in [-0.15, -0.1) is 0 Å². The number of aryl methyl sites for hydroxylation is 1. The van der Waals surface area contributed by atoms with Crippen LogP contribution < -0.4 is 0 Å². The van der Waals surface area contributed by atoms with Crippen LogP contribution in [0.4, 0.5) is 0 Å². The molecule has 0 atom stereocenters. The summed E-state index contributed by atoms with van der Waals surface area (Å²) in [6, 6.07) is 19.5. The number of carbonyl (C=O) groups excluding carboxylic acids is 1. The number of hydrogen-bond acceptors (Lipinski definition) is 3. The molecule has 1 aromatic heterocycles. The Hall–Kier alpha value is -2.88. The molecular formula is C22H24N2O2. The van der Waals surface area contributed by atoms with Crippen molar-refractivity contribution in [2.75, 3.05) is 0 Å². The molecule has 0 fully saturated rings. The maximum atomic E-state index is 12.9. The molecule has 4 nitrogen and oxygen atoms in total. The number of hydrogen-bond donors (Lipinski definition) is 0. The minimum absolute atomic E-state index is 0.260. The summed E-state index contributed by atoms with van der Waals surface area (Å²) < 4.78 is 7.43. The van der Waals surface area contributed by atoms with Gasteiger partial charge in [-0.05, 0) is 18.4 Å². The summed E-state index contributed by atoms with van der Waals surface area (Å²) in [6.45, 7) is 2.40. The second kappa shape index (κ2) is 8.48. The van der Waals surface area contributed by atoms with Gasteiger partial charge in [0.25, 0.3) is 0 Å². The number of unbranched alkanes of at least 4 members (excludes halogenated alkanes) is 1. The van der Waals surface area contributed by atoms with Crippen LogP contribution in [0.25, 0.3) is 11.3 Å². The van der Waals surface area contributed by atoms with Gasteiger partial charge in [-0.3, -0.25) is 4.68 Å². The van der Waals surface area contributed by atoms with Crippen molar-refractivity contribution in [2.45, 2.75) is 32.8 Å². The highest BCUT2D eigenvalue weighted by molar-refractivity contribution is 5.97. The zero-order valence-corrected chi connectivity index (χ0v) is 15.3. The molecule has 0 aliphatic rings. The minimum atomic E-state index is -0.313. The molecule has 0 saturated heterocycles. The molecule has 134 valence electrons. The highest BCUT2D eigenvalue weighted by atomic mass is 16.5. The van der Waals surface area contributed by atoms with Crippen molar-refractivity contribution in [3.63, 3.8) is 0 Å². The second-order valence-electron chi connectivity index (χ2n) is 6.33. The largest absolute Gasteiger partial charge is 0.457 e. The van der Waals surface area contributed by atoms with Crippen LogP contribution in [0.2, 0.25) is 0 Å². The lowest BCUT2D eigenvalue weighted by Crippen LogP contribution is -2.10. The summed E-state index contributed by atoms with van der Waals surface area (Å²) in [4.78, 5) is 12.9. The average Bonchev–Trinajstić information content (AvgIpc) is 3.02. The van der Waals surface area contributed by atoms with Gasteiger partial charge in [-0.25, -0.2) is 4.79 Å². The normalized spacial score (nSPS) is 10.7. The number of aromatic nitrogens is 2. The Bertz CT molecular complexity index is 855. The molecule has 2 aromatic carbocycles. The number of esters is 1. The first kappa shape index (κ1) is 17.9. The molecular weight excluding hydrogens is 324 g/mol. The molecule has 0 aliphatic heterocycles. The van der Waals surface area contributed by atoms with E-state index in [4.69, 9.17) is 4.74 Å². The van der Waals surface area contributed by atoms with Crippen LogP contribution in [0.1, 0.15) is 41.4 Å². The van der Waals surface area contributed by atoms with E-state index in [1.54, 1.807) is 0 Å². The summed E-state index contributed by atoms with van der Waals surface area (Å²) in [6.07, 6.45) is 2.87. The maximum Gasteiger partial charge on any atom is 0.342 e. The third kappa shape index (κ3) is 4.02. The fourth-order valence-electron chi connectivity index (χ4n) is 3.00. The standard InChI is InChI=1S/C22H24N2O2/c1-3-4-15-19-20(22(25)26-16-17-11-7-5-8-12-17)21(23-24(19)2)18-13-9-6-10-14-18/h5-14H,3-4,15-16H2,1-2H3. The SMILES string of the molecule is CCCCc1c(C(=O)OCc2ccccc2)c(-c2ccccc2)nn1C. The first-order chi connectivity index (χ1) is 12.7. The number of carbonyl (C=O) groups is 1. The van der Waals surface area contributed by atoms with Gasteiger partial charge in [0.2, 0.25) is 0 Å². The van der Waals surface area contributed by atoms with E-state index in [9.17, 15) is 4.79 Å². The fourth-order valence-corrected chi connectivity index (χ4v) is 3.00. The van der Waals surface area contributed by atoms with E-state index in [0.717, 1.165) is 36.1 Å². The van der Waals surface area contributed by atoms with Gasteiger partial charge in [0.05, 0.1) is 5.69 Å². The summed E-state index contributed by atoms with van der Waals surface area (Å²) in [7, 11) is 1.89. The zero-order chi connectivity index (χ0) is 18.4. The van der Waals surface area contributed by atoms with Crippen molar-refractivity contribution in [2.24, 2.45) is 7.05 Å². The van der Waals surface area contributed by atoms with Gasteiger partial charge in [-0.1, -0.05) is 74.0 Å². The Kier molecular flexibility index (Phi) is 5.84. The highest BCUT2D eigenvalue weighted by Gasteiger charge is 2.24.